The molecule has 0 bridgehead atoms. The topological polar surface area (TPSA) is 46.4 Å². The molecule has 1 N–H and O–H groups in total. The van der Waals surface area contributed by atoms with Crippen LogP contribution in [-0.4, -0.2) is 15.3 Å². The Balaban J connectivity index is 1.59. The van der Waals surface area contributed by atoms with E-state index in [4.69, 9.17) is 23.2 Å². The lowest BCUT2D eigenvalue weighted by molar-refractivity contribution is -0.120. The number of benzene rings is 1. The second kappa shape index (κ2) is 7.29. The monoisotopic (exact) mass is 387 g/mol. The molecule has 0 unspecified atom stereocenters. The van der Waals surface area contributed by atoms with Crippen LogP contribution >= 0.6 is 23.2 Å². The van der Waals surface area contributed by atoms with Crippen LogP contribution in [0.5, 0.6) is 0 Å². The van der Waals surface area contributed by atoms with Gasteiger partial charge >= 0.3 is 0 Å². The molecule has 0 atom stereocenters. The molecule has 1 fully saturated rings. The zero-order valence-electron chi connectivity index (χ0n) is 14.2. The number of rotatable bonds is 3. The van der Waals surface area contributed by atoms with Gasteiger partial charge in [0.1, 0.15) is 0 Å². The fourth-order valence-corrected chi connectivity index (χ4v) is 4.06. The third-order valence-electron chi connectivity index (χ3n) is 4.87. The number of pyridine rings is 1. The second-order valence-corrected chi connectivity index (χ2v) is 7.61. The van der Waals surface area contributed by atoms with E-state index < -0.39 is 0 Å². The van der Waals surface area contributed by atoms with Crippen molar-refractivity contribution in [3.05, 3.63) is 52.8 Å². The van der Waals surface area contributed by atoms with Crippen molar-refractivity contribution in [1.29, 1.82) is 0 Å². The van der Waals surface area contributed by atoms with Crippen LogP contribution in [0.15, 0.2) is 42.7 Å². The second-order valence-electron chi connectivity index (χ2n) is 6.77. The fourth-order valence-electron chi connectivity index (χ4n) is 3.53. The molecule has 1 aliphatic carbocycles. The average Bonchev–Trinajstić information content (AvgIpc) is 3.07. The highest BCUT2D eigenvalue weighted by atomic mass is 35.5. The van der Waals surface area contributed by atoms with Crippen LogP contribution in [0.2, 0.25) is 10.0 Å². The van der Waals surface area contributed by atoms with E-state index in [0.29, 0.717) is 15.7 Å². The van der Waals surface area contributed by atoms with E-state index >= 15 is 0 Å². The number of carbonyl (C=O) groups excluding carboxylic acids is 1. The van der Waals surface area contributed by atoms with Crippen molar-refractivity contribution in [3.8, 4) is 11.3 Å². The highest BCUT2D eigenvalue weighted by Crippen LogP contribution is 2.28. The number of aromatic nitrogens is 2. The van der Waals surface area contributed by atoms with Gasteiger partial charge in [0.05, 0.1) is 15.7 Å². The molecule has 1 aromatic carbocycles. The molecule has 6 heteroatoms. The summed E-state index contributed by atoms with van der Waals surface area (Å²) in [7, 11) is 0. The largest absolute Gasteiger partial charge is 0.326 e. The molecule has 2 aromatic heterocycles. The molecule has 0 aliphatic heterocycles. The minimum absolute atomic E-state index is 0.117. The van der Waals surface area contributed by atoms with Crippen LogP contribution < -0.4 is 5.32 Å². The Morgan fingerprint density at radius 2 is 1.92 bits per heavy atom. The lowest BCUT2D eigenvalue weighted by atomic mass is 9.88. The number of hydrogen-bond donors (Lipinski definition) is 1. The lowest BCUT2D eigenvalue weighted by Gasteiger charge is -2.20. The zero-order chi connectivity index (χ0) is 18.1. The Morgan fingerprint density at radius 1 is 1.12 bits per heavy atom. The quantitative estimate of drug-likeness (QED) is 0.614. The summed E-state index contributed by atoms with van der Waals surface area (Å²) in [5.41, 5.74) is 3.15. The Labute approximate surface area is 162 Å². The molecule has 26 heavy (non-hydrogen) atoms. The van der Waals surface area contributed by atoms with Gasteiger partial charge in [-0.3, -0.25) is 4.79 Å². The van der Waals surface area contributed by atoms with Gasteiger partial charge in [0.25, 0.3) is 0 Å². The molecule has 1 amide bonds. The van der Waals surface area contributed by atoms with Gasteiger partial charge in [-0.25, -0.2) is 4.98 Å². The van der Waals surface area contributed by atoms with Gasteiger partial charge < -0.3 is 9.72 Å². The van der Waals surface area contributed by atoms with Crippen LogP contribution in [0.3, 0.4) is 0 Å². The van der Waals surface area contributed by atoms with E-state index in [1.54, 1.807) is 12.3 Å². The van der Waals surface area contributed by atoms with E-state index in [0.717, 1.165) is 42.6 Å². The van der Waals surface area contributed by atoms with Crippen LogP contribution in [0.1, 0.15) is 32.1 Å². The molecule has 0 radical (unpaired) electrons. The summed E-state index contributed by atoms with van der Waals surface area (Å²) in [4.78, 5) is 17.1. The maximum Gasteiger partial charge on any atom is 0.227 e. The van der Waals surface area contributed by atoms with Crippen molar-refractivity contribution in [1.82, 2.24) is 9.38 Å². The highest BCUT2D eigenvalue weighted by Gasteiger charge is 2.21. The number of nitrogens with one attached hydrogen (secondary N) is 1. The van der Waals surface area contributed by atoms with Crippen LogP contribution in [0.4, 0.5) is 5.69 Å². The van der Waals surface area contributed by atoms with E-state index in [-0.39, 0.29) is 11.8 Å². The number of carbonyl (C=O) groups is 1. The van der Waals surface area contributed by atoms with E-state index in [1.165, 1.54) is 6.42 Å². The zero-order valence-corrected chi connectivity index (χ0v) is 15.7. The van der Waals surface area contributed by atoms with Crippen molar-refractivity contribution in [2.24, 2.45) is 5.92 Å². The summed E-state index contributed by atoms with van der Waals surface area (Å²) in [6.07, 6.45) is 9.14. The number of amides is 1. The highest BCUT2D eigenvalue weighted by molar-refractivity contribution is 6.36. The van der Waals surface area contributed by atoms with Gasteiger partial charge in [0, 0.05) is 29.6 Å². The summed E-state index contributed by atoms with van der Waals surface area (Å²) in [5, 5.41) is 4.12. The minimum atomic E-state index is 0.117. The number of anilines is 1. The smallest absolute Gasteiger partial charge is 0.227 e. The summed E-state index contributed by atoms with van der Waals surface area (Å²) >= 11 is 12.3. The number of halogens is 2. The molecule has 4 nitrogen and oxygen atoms in total. The number of nitrogens with zero attached hydrogens (tertiary/aromatic N) is 2. The molecule has 4 rings (SSSR count). The van der Waals surface area contributed by atoms with Crippen molar-refractivity contribution in [2.75, 3.05) is 5.32 Å². The van der Waals surface area contributed by atoms with Gasteiger partial charge in [-0.1, -0.05) is 54.6 Å². The third kappa shape index (κ3) is 3.57. The van der Waals surface area contributed by atoms with Crippen LogP contribution in [0.25, 0.3) is 16.9 Å². The summed E-state index contributed by atoms with van der Waals surface area (Å²) < 4.78 is 1.81. The van der Waals surface area contributed by atoms with Gasteiger partial charge in [-0.05, 0) is 31.0 Å². The fraction of sp³-hybridized carbons (Fsp3) is 0.300. The SMILES string of the molecule is O=C(Nc1cccc(-c2cn3cc(Cl)cc(Cl)c3n2)c1)C1CCCCC1. The van der Waals surface area contributed by atoms with Gasteiger partial charge in [-0.2, -0.15) is 0 Å². The van der Waals surface area contributed by atoms with Crippen molar-refractivity contribution in [3.63, 3.8) is 0 Å². The van der Waals surface area contributed by atoms with Crippen LogP contribution in [0, 0.1) is 5.92 Å². The number of fused-ring (bicyclic) bond motifs is 1. The van der Waals surface area contributed by atoms with Crippen LogP contribution in [-0.2, 0) is 4.79 Å². The first-order chi connectivity index (χ1) is 12.6. The van der Waals surface area contributed by atoms with Gasteiger partial charge in [0.15, 0.2) is 5.65 Å². The maximum atomic E-state index is 12.5. The van der Waals surface area contributed by atoms with Crippen molar-refractivity contribution >= 4 is 40.4 Å². The molecule has 134 valence electrons. The number of hydrogen-bond acceptors (Lipinski definition) is 2. The van der Waals surface area contributed by atoms with E-state index in [9.17, 15) is 4.79 Å². The van der Waals surface area contributed by atoms with Crippen molar-refractivity contribution in [2.45, 2.75) is 32.1 Å². The normalized spacial score (nSPS) is 15.3. The van der Waals surface area contributed by atoms with E-state index in [1.807, 2.05) is 34.9 Å². The lowest BCUT2D eigenvalue weighted by Crippen LogP contribution is -2.24. The molecule has 1 saturated carbocycles. The standard InChI is InChI=1S/C20H19Cl2N3O/c21-15-10-17(22)19-24-18(12-25(19)11-15)14-7-4-8-16(9-14)23-20(26)13-5-2-1-3-6-13/h4,7-13H,1-3,5-6H2,(H,23,26). The first kappa shape index (κ1) is 17.4. The first-order valence-electron chi connectivity index (χ1n) is 8.85. The molecular formula is C20H19Cl2N3O. The molecule has 0 saturated heterocycles. The number of imidazole rings is 1. The Bertz CT molecular complexity index is 961. The molecule has 1 aliphatic rings. The Hall–Kier alpha value is -2.04. The predicted octanol–water partition coefficient (Wildman–Crippen LogP) is 5.83. The summed E-state index contributed by atoms with van der Waals surface area (Å²) in [6, 6.07) is 9.41. The Kier molecular flexibility index (Phi) is 4.88. The van der Waals surface area contributed by atoms with Gasteiger partial charge in [-0.15, -0.1) is 0 Å². The average molecular weight is 388 g/mol. The predicted molar refractivity (Wildman–Crippen MR) is 106 cm³/mol. The maximum absolute atomic E-state index is 12.5. The minimum Gasteiger partial charge on any atom is -0.326 e. The van der Waals surface area contributed by atoms with Gasteiger partial charge in [0.2, 0.25) is 5.91 Å². The molecular weight excluding hydrogens is 369 g/mol. The summed E-state index contributed by atoms with van der Waals surface area (Å²) in [6.45, 7) is 0. The molecule has 0 spiro atoms. The van der Waals surface area contributed by atoms with Crippen molar-refractivity contribution < 1.29 is 4.79 Å². The third-order valence-corrected chi connectivity index (χ3v) is 5.36. The first-order valence-corrected chi connectivity index (χ1v) is 9.61. The molecule has 3 aromatic rings. The Morgan fingerprint density at radius 3 is 2.73 bits per heavy atom. The summed E-state index contributed by atoms with van der Waals surface area (Å²) in [5.74, 6) is 0.246. The van der Waals surface area contributed by atoms with E-state index in [2.05, 4.69) is 10.3 Å². The molecule has 2 heterocycles.